The number of ether oxygens (including phenoxy) is 1. The molecule has 2 aliphatic heterocycles. The highest BCUT2D eigenvalue weighted by Crippen LogP contribution is 2.36. The van der Waals surface area contributed by atoms with E-state index in [0.29, 0.717) is 47.5 Å². The average Bonchev–Trinajstić information content (AvgIpc) is 4.00. The Morgan fingerprint density at radius 3 is 2.28 bits per heavy atom. The smallest absolute Gasteiger partial charge is 0.246 e. The Morgan fingerprint density at radius 1 is 0.940 bits per heavy atom. The zero-order chi connectivity index (χ0) is 47.7. The van der Waals surface area contributed by atoms with Crippen molar-refractivity contribution in [2.24, 2.45) is 5.41 Å². The molecule has 4 N–H and O–H groups in total. The van der Waals surface area contributed by atoms with Crippen LogP contribution >= 0.6 is 34.5 Å². The zero-order valence-electron chi connectivity index (χ0n) is 38.6. The highest BCUT2D eigenvalue weighted by molar-refractivity contribution is 7.15. The van der Waals surface area contributed by atoms with Gasteiger partial charge in [0, 0.05) is 74.2 Å². The third-order valence-corrected chi connectivity index (χ3v) is 14.2. The highest BCUT2D eigenvalue weighted by Gasteiger charge is 2.45. The first-order valence-corrected chi connectivity index (χ1v) is 24.0. The van der Waals surface area contributed by atoms with E-state index in [1.807, 2.05) is 103 Å². The number of hydrogen-bond acceptors (Lipinski definition) is 12. The molecule has 0 spiro atoms. The monoisotopic (exact) mass is 966 g/mol. The minimum absolute atomic E-state index is 0.000271. The summed E-state index contributed by atoms with van der Waals surface area (Å²) in [6.45, 7) is 16.0. The van der Waals surface area contributed by atoms with Crippen LogP contribution in [0.25, 0.3) is 32.6 Å². The summed E-state index contributed by atoms with van der Waals surface area (Å²) in [5.41, 5.74) is 5.36. The number of aromatic amines is 1. The van der Waals surface area contributed by atoms with Gasteiger partial charge in [-0.25, -0.2) is 9.97 Å². The van der Waals surface area contributed by atoms with Gasteiger partial charge in [0.05, 0.1) is 49.8 Å². The van der Waals surface area contributed by atoms with Crippen molar-refractivity contribution in [3.8, 4) is 27.4 Å². The molecule has 0 bridgehead atoms. The molecule has 2 saturated heterocycles. The normalized spacial score (nSPS) is 18.2. The molecule has 8 rings (SSSR count). The third-order valence-electron chi connectivity index (χ3n) is 12.4. The van der Waals surface area contributed by atoms with Crippen LogP contribution in [-0.4, -0.2) is 115 Å². The molecule has 3 amide bonds. The van der Waals surface area contributed by atoms with Crippen LogP contribution in [-0.2, 0) is 14.4 Å². The molecule has 18 heteroatoms. The summed E-state index contributed by atoms with van der Waals surface area (Å²) in [7, 11) is 0. The van der Waals surface area contributed by atoms with Crippen molar-refractivity contribution in [3.63, 3.8) is 0 Å². The number of fused-ring (bicyclic) bond motifs is 1. The van der Waals surface area contributed by atoms with Gasteiger partial charge in [0.15, 0.2) is 0 Å². The molecule has 2 aliphatic rings. The third kappa shape index (κ3) is 10.7. The van der Waals surface area contributed by atoms with Crippen LogP contribution in [0.2, 0.25) is 10.0 Å². The van der Waals surface area contributed by atoms with Crippen LogP contribution in [0.4, 0.5) is 5.82 Å². The number of benzene rings is 2. The minimum Gasteiger partial charge on any atom is -0.486 e. The van der Waals surface area contributed by atoms with E-state index in [1.165, 1.54) is 4.90 Å². The van der Waals surface area contributed by atoms with E-state index in [1.54, 1.807) is 29.9 Å². The molecule has 2 aromatic carbocycles. The van der Waals surface area contributed by atoms with Gasteiger partial charge in [0.2, 0.25) is 17.7 Å². The number of likely N-dealkylation sites (tertiary alicyclic amines) is 1. The number of nitrogens with zero attached hydrogens (tertiary/aromatic N) is 7. The van der Waals surface area contributed by atoms with E-state index in [2.05, 4.69) is 40.6 Å². The van der Waals surface area contributed by atoms with Gasteiger partial charge in [-0.1, -0.05) is 68.2 Å². The molecule has 15 nitrogen and oxygen atoms in total. The average molecular weight is 968 g/mol. The van der Waals surface area contributed by atoms with Gasteiger partial charge in [-0.3, -0.25) is 29.4 Å². The number of halogens is 2. The molecule has 352 valence electrons. The van der Waals surface area contributed by atoms with Crippen LogP contribution in [0.3, 0.4) is 0 Å². The second-order valence-corrected chi connectivity index (χ2v) is 20.5. The van der Waals surface area contributed by atoms with Crippen molar-refractivity contribution in [2.75, 3.05) is 44.2 Å². The Morgan fingerprint density at radius 2 is 1.64 bits per heavy atom. The van der Waals surface area contributed by atoms with Crippen molar-refractivity contribution in [3.05, 3.63) is 105 Å². The highest BCUT2D eigenvalue weighted by atomic mass is 35.5. The molecule has 5 atom stereocenters. The molecule has 0 unspecified atom stereocenters. The van der Waals surface area contributed by atoms with E-state index in [0.717, 1.165) is 54.7 Å². The van der Waals surface area contributed by atoms with E-state index in [-0.39, 0.29) is 37.4 Å². The molecule has 0 saturated carbocycles. The number of thiazole rings is 1. The van der Waals surface area contributed by atoms with Crippen LogP contribution < -0.4 is 20.3 Å². The Labute approximate surface area is 404 Å². The predicted octanol–water partition coefficient (Wildman–Crippen LogP) is 7.70. The van der Waals surface area contributed by atoms with Crippen molar-refractivity contribution < 1.29 is 24.2 Å². The quantitative estimate of drug-likeness (QED) is 0.0891. The molecule has 0 aliphatic carbocycles. The van der Waals surface area contributed by atoms with E-state index in [4.69, 9.17) is 32.9 Å². The molecule has 4 aromatic heterocycles. The summed E-state index contributed by atoms with van der Waals surface area (Å²) in [6.07, 6.45) is 3.71. The van der Waals surface area contributed by atoms with E-state index >= 15 is 0 Å². The number of pyridine rings is 2. The summed E-state index contributed by atoms with van der Waals surface area (Å²) >= 11 is 14.4. The van der Waals surface area contributed by atoms with Crippen molar-refractivity contribution >= 4 is 69.0 Å². The standard InChI is InChI=1S/C49H56Cl2N10O5S/c1-27(31-8-10-32(11-9-31)45-28(2)54-30(4)67-45)55-47(64)40-20-34(62)25-61(40)48(65)46(49(5,6)7)56-42(63)26-59-16-18-60(19-17-59)41-15-12-33(22-53-41)44-36-21-35(13-14-39(36)57-58-44)66-29(3)43-37(50)23-52-24-38(43)51/h8-15,21-24,27,29,34,40,46,62H,16-20,25-26H2,1-7H3,(H,55,64)(H,56,63)(H,57,58)/t27-,29+,34+,40-,46+/m0/s1. The number of anilines is 1. The van der Waals surface area contributed by atoms with Crippen LogP contribution in [0.15, 0.2) is 73.2 Å². The molecule has 6 aromatic rings. The lowest BCUT2D eigenvalue weighted by atomic mass is 9.85. The summed E-state index contributed by atoms with van der Waals surface area (Å²) in [6, 6.07) is 15.5. The van der Waals surface area contributed by atoms with Crippen LogP contribution in [0, 0.1) is 19.3 Å². The van der Waals surface area contributed by atoms with Gasteiger partial charge < -0.3 is 30.3 Å². The second-order valence-electron chi connectivity index (χ2n) is 18.5. The van der Waals surface area contributed by atoms with Crippen molar-refractivity contribution in [1.29, 1.82) is 0 Å². The zero-order valence-corrected chi connectivity index (χ0v) is 41.0. The van der Waals surface area contributed by atoms with Gasteiger partial charge in [0.25, 0.3) is 0 Å². The topological polar surface area (TPSA) is 182 Å². The number of aryl methyl sites for hydroxylation is 2. The number of nitrogens with one attached hydrogen (secondary N) is 3. The van der Waals surface area contributed by atoms with Gasteiger partial charge in [-0.05, 0) is 74.6 Å². The number of β-amino-alcohol motifs (C(OH)–C–C–N with tert-alkyl or cyclic N) is 1. The minimum atomic E-state index is -0.923. The summed E-state index contributed by atoms with van der Waals surface area (Å²) in [5.74, 6) is 0.406. The fraction of sp³-hybridized carbons (Fsp3) is 0.408. The van der Waals surface area contributed by atoms with Gasteiger partial charge >= 0.3 is 0 Å². The maximum Gasteiger partial charge on any atom is 0.246 e. The first-order chi connectivity index (χ1) is 31.9. The number of aromatic nitrogens is 5. The van der Waals surface area contributed by atoms with Crippen molar-refractivity contribution in [2.45, 2.75) is 85.2 Å². The predicted molar refractivity (Wildman–Crippen MR) is 262 cm³/mol. The fourth-order valence-corrected chi connectivity index (χ4v) is 10.5. The van der Waals surface area contributed by atoms with Crippen LogP contribution in [0.1, 0.15) is 75.0 Å². The van der Waals surface area contributed by atoms with Crippen LogP contribution in [0.5, 0.6) is 5.75 Å². The number of piperazine rings is 1. The molecule has 67 heavy (non-hydrogen) atoms. The number of aliphatic hydroxyl groups excluding tert-OH is 1. The summed E-state index contributed by atoms with van der Waals surface area (Å²) < 4.78 is 6.25. The number of amides is 3. The second kappa shape index (κ2) is 19.9. The molecule has 2 fully saturated rings. The maximum absolute atomic E-state index is 14.3. The SMILES string of the molecule is Cc1nc(C)c(-c2ccc([C@H](C)NC(=O)[C@@H]3C[C@@H](O)CN3C(=O)[C@@H](NC(=O)CN3CCN(c4ccc(-c5n[nH]c6ccc(O[C@H](C)c7c(Cl)cncc7Cl)cc56)cn4)CC3)C(C)(C)C)cc2)s1. The number of carbonyl (C=O) groups excluding carboxylic acids is 3. The number of aliphatic hydroxyl groups is 1. The summed E-state index contributed by atoms with van der Waals surface area (Å²) in [5, 5.41) is 27.2. The lowest BCUT2D eigenvalue weighted by Crippen LogP contribution is -2.59. The van der Waals surface area contributed by atoms with Gasteiger partial charge in [-0.2, -0.15) is 5.10 Å². The largest absolute Gasteiger partial charge is 0.486 e. The maximum atomic E-state index is 14.3. The lowest BCUT2D eigenvalue weighted by Gasteiger charge is -2.37. The first kappa shape index (κ1) is 47.8. The number of H-pyrrole nitrogens is 1. The Bertz CT molecular complexity index is 2730. The fourth-order valence-electron chi connectivity index (χ4n) is 8.85. The number of rotatable bonds is 13. The summed E-state index contributed by atoms with van der Waals surface area (Å²) in [4.78, 5) is 61.9. The van der Waals surface area contributed by atoms with E-state index < -0.39 is 35.6 Å². The molecule has 0 radical (unpaired) electrons. The number of hydrogen-bond donors (Lipinski definition) is 4. The van der Waals surface area contributed by atoms with E-state index in [9.17, 15) is 19.5 Å². The Kier molecular flexibility index (Phi) is 14.2. The Hall–Kier alpha value is -5.65. The first-order valence-electron chi connectivity index (χ1n) is 22.4. The molecular weight excluding hydrogens is 912 g/mol. The van der Waals surface area contributed by atoms with Gasteiger partial charge in [-0.15, -0.1) is 11.3 Å². The Balaban J connectivity index is 0.846. The van der Waals surface area contributed by atoms with Gasteiger partial charge in [0.1, 0.15) is 35.4 Å². The van der Waals surface area contributed by atoms with Crippen molar-refractivity contribution in [1.82, 2.24) is 45.6 Å². The molecular formula is C49H56Cl2N10O5S. The lowest BCUT2D eigenvalue weighted by molar-refractivity contribution is -0.144. The molecule has 6 heterocycles. The number of carbonyl (C=O) groups is 3.